The van der Waals surface area contributed by atoms with Crippen molar-refractivity contribution < 1.29 is 4.79 Å². The van der Waals surface area contributed by atoms with Gasteiger partial charge >= 0.3 is 0 Å². The lowest BCUT2D eigenvalue weighted by molar-refractivity contribution is -0.120. The van der Waals surface area contributed by atoms with Crippen LogP contribution in [0.2, 0.25) is 0 Å². The Bertz CT molecular complexity index is 1290. The van der Waals surface area contributed by atoms with Gasteiger partial charge in [-0.25, -0.2) is 5.43 Å². The van der Waals surface area contributed by atoms with Crippen molar-refractivity contribution in [2.24, 2.45) is 5.10 Å². The number of carbonyl (C=O) groups is 1. The van der Waals surface area contributed by atoms with E-state index in [0.717, 1.165) is 38.2 Å². The molecule has 5 nitrogen and oxygen atoms in total. The maximum absolute atomic E-state index is 11.7. The Labute approximate surface area is 194 Å². The average molecular weight is 483 g/mol. The van der Waals surface area contributed by atoms with Crippen LogP contribution < -0.4 is 5.43 Å². The fourth-order valence-corrected chi connectivity index (χ4v) is 3.75. The maximum Gasteiger partial charge on any atom is 0.254 e. The Morgan fingerprint density at radius 3 is 2.22 bits per heavy atom. The number of nitriles is 1. The molecule has 0 spiro atoms. The first-order valence-electron chi connectivity index (χ1n) is 9.99. The topological polar surface area (TPSA) is 70.2 Å². The van der Waals surface area contributed by atoms with Crippen LogP contribution in [0.1, 0.15) is 12.0 Å². The molecular formula is C26H19BrN4O. The third-order valence-electron chi connectivity index (χ3n) is 4.86. The van der Waals surface area contributed by atoms with Gasteiger partial charge in [-0.2, -0.15) is 10.4 Å². The van der Waals surface area contributed by atoms with E-state index in [4.69, 9.17) is 5.26 Å². The predicted molar refractivity (Wildman–Crippen MR) is 130 cm³/mol. The van der Waals surface area contributed by atoms with Crippen LogP contribution in [-0.2, 0) is 4.79 Å². The summed E-state index contributed by atoms with van der Waals surface area (Å²) < 4.78 is 3.19. The molecule has 0 atom stereocenters. The highest BCUT2D eigenvalue weighted by Crippen LogP contribution is 2.35. The molecular weight excluding hydrogens is 464 g/mol. The van der Waals surface area contributed by atoms with Crippen molar-refractivity contribution in [1.82, 2.24) is 9.99 Å². The van der Waals surface area contributed by atoms with Crippen molar-refractivity contribution in [3.63, 3.8) is 0 Å². The molecule has 0 aliphatic rings. The molecule has 0 saturated heterocycles. The Hall–Kier alpha value is -3.95. The van der Waals surface area contributed by atoms with Gasteiger partial charge in [-0.15, -0.1) is 0 Å². The second kappa shape index (κ2) is 9.90. The Balaban J connectivity index is 1.93. The van der Waals surface area contributed by atoms with Crippen LogP contribution in [0.4, 0.5) is 0 Å². The third kappa shape index (κ3) is 4.69. The number of aromatic nitrogens is 1. The Morgan fingerprint density at radius 2 is 1.59 bits per heavy atom. The largest absolute Gasteiger partial charge is 0.309 e. The van der Waals surface area contributed by atoms with Crippen LogP contribution in [0.5, 0.6) is 0 Å². The maximum atomic E-state index is 11.7. The minimum Gasteiger partial charge on any atom is -0.309 e. The normalized spacial score (nSPS) is 10.8. The van der Waals surface area contributed by atoms with Crippen molar-refractivity contribution >= 4 is 28.1 Å². The quantitative estimate of drug-likeness (QED) is 0.273. The van der Waals surface area contributed by atoms with Crippen molar-refractivity contribution in [1.29, 1.82) is 5.26 Å². The zero-order chi connectivity index (χ0) is 22.3. The predicted octanol–water partition coefficient (Wildman–Crippen LogP) is 5.94. The molecule has 0 radical (unpaired) electrons. The summed E-state index contributed by atoms with van der Waals surface area (Å²) in [6, 6.07) is 32.2. The minimum atomic E-state index is -0.444. The van der Waals surface area contributed by atoms with Gasteiger partial charge in [-0.05, 0) is 41.5 Å². The first-order chi connectivity index (χ1) is 15.7. The van der Waals surface area contributed by atoms with Gasteiger partial charge in [-0.3, -0.25) is 4.79 Å². The van der Waals surface area contributed by atoms with Crippen molar-refractivity contribution in [3.05, 3.63) is 101 Å². The highest BCUT2D eigenvalue weighted by Gasteiger charge is 2.18. The molecule has 4 aromatic rings. The van der Waals surface area contributed by atoms with E-state index in [1.807, 2.05) is 66.7 Å². The molecule has 3 aromatic carbocycles. The summed E-state index contributed by atoms with van der Waals surface area (Å²) in [7, 11) is 0. The molecule has 0 aliphatic carbocycles. The van der Waals surface area contributed by atoms with E-state index >= 15 is 0 Å². The second-order valence-electron chi connectivity index (χ2n) is 7.01. The molecule has 1 aromatic heterocycles. The summed E-state index contributed by atoms with van der Waals surface area (Å²) in [4.78, 5) is 11.7. The number of benzene rings is 3. The number of nitrogens with zero attached hydrogens (tertiary/aromatic N) is 3. The first-order valence-corrected chi connectivity index (χ1v) is 10.8. The van der Waals surface area contributed by atoms with Gasteiger partial charge in [0, 0.05) is 15.7 Å². The van der Waals surface area contributed by atoms with Gasteiger partial charge in [0.2, 0.25) is 0 Å². The molecule has 156 valence electrons. The number of hydrogen-bond donors (Lipinski definition) is 1. The molecule has 32 heavy (non-hydrogen) atoms. The summed E-state index contributed by atoms with van der Waals surface area (Å²) >= 11 is 3.52. The lowest BCUT2D eigenvalue weighted by atomic mass is 10.1. The molecule has 1 heterocycles. The minimum absolute atomic E-state index is 0.238. The molecule has 0 fully saturated rings. The van der Waals surface area contributed by atoms with Gasteiger partial charge < -0.3 is 4.57 Å². The summed E-state index contributed by atoms with van der Waals surface area (Å²) in [5.74, 6) is -0.444. The number of halogens is 1. The first kappa shape index (κ1) is 21.3. The Morgan fingerprint density at radius 1 is 0.969 bits per heavy atom. The highest BCUT2D eigenvalue weighted by atomic mass is 79.9. The van der Waals surface area contributed by atoms with Crippen LogP contribution in [-0.4, -0.2) is 16.7 Å². The van der Waals surface area contributed by atoms with Crippen LogP contribution in [0.3, 0.4) is 0 Å². The number of rotatable bonds is 6. The average Bonchev–Trinajstić information content (AvgIpc) is 3.20. The monoisotopic (exact) mass is 482 g/mol. The van der Waals surface area contributed by atoms with Crippen LogP contribution in [0, 0.1) is 11.3 Å². The SMILES string of the molecule is N#CCC(=O)N/N=C\c1cc(-c2ccccc2)n(-c2ccc(Br)cc2)c1-c1ccccc1. The zero-order valence-electron chi connectivity index (χ0n) is 17.1. The van der Waals surface area contributed by atoms with Gasteiger partial charge in [0.25, 0.3) is 5.91 Å². The number of carbonyl (C=O) groups excluding carboxylic acids is 1. The molecule has 0 aliphatic heterocycles. The number of hydrazone groups is 1. The second-order valence-corrected chi connectivity index (χ2v) is 7.92. The smallest absolute Gasteiger partial charge is 0.254 e. The van der Waals surface area contributed by atoms with Crippen molar-refractivity contribution in [2.75, 3.05) is 0 Å². The number of amides is 1. The van der Waals surface area contributed by atoms with Gasteiger partial charge in [0.05, 0.1) is 23.7 Å². The lowest BCUT2D eigenvalue weighted by Gasteiger charge is -2.15. The standard InChI is InChI=1S/C26H19BrN4O/c27-22-11-13-23(14-12-22)31-24(19-7-3-1-4-8-19)17-21(18-29-30-25(32)15-16-28)26(31)20-9-5-2-6-10-20/h1-14,17-18H,15H2,(H,30,32)/b29-18-. The van der Waals surface area contributed by atoms with E-state index in [-0.39, 0.29) is 6.42 Å². The van der Waals surface area contributed by atoms with Crippen molar-refractivity contribution in [2.45, 2.75) is 6.42 Å². The van der Waals surface area contributed by atoms with E-state index in [2.05, 4.69) is 61.4 Å². The highest BCUT2D eigenvalue weighted by molar-refractivity contribution is 9.10. The molecule has 6 heteroatoms. The van der Waals surface area contributed by atoms with Gasteiger partial charge in [0.15, 0.2) is 0 Å². The van der Waals surface area contributed by atoms with E-state index in [1.165, 1.54) is 0 Å². The molecule has 0 unspecified atom stereocenters. The number of hydrogen-bond acceptors (Lipinski definition) is 3. The van der Waals surface area contributed by atoms with Crippen molar-refractivity contribution in [3.8, 4) is 34.3 Å². The summed E-state index contributed by atoms with van der Waals surface area (Å²) in [5.41, 5.74) is 8.28. The molecule has 1 amide bonds. The lowest BCUT2D eigenvalue weighted by Crippen LogP contribution is -2.16. The Kier molecular flexibility index (Phi) is 6.59. The fourth-order valence-electron chi connectivity index (χ4n) is 3.48. The molecule has 4 rings (SSSR count). The van der Waals surface area contributed by atoms with Crippen LogP contribution in [0.15, 0.2) is 101 Å². The van der Waals surface area contributed by atoms with E-state index < -0.39 is 5.91 Å². The number of nitrogens with one attached hydrogen (secondary N) is 1. The summed E-state index contributed by atoms with van der Waals surface area (Å²) in [6.07, 6.45) is 1.39. The molecule has 0 saturated carbocycles. The van der Waals surface area contributed by atoms with E-state index in [1.54, 1.807) is 6.21 Å². The molecule has 0 bridgehead atoms. The summed E-state index contributed by atoms with van der Waals surface area (Å²) in [6.45, 7) is 0. The van der Waals surface area contributed by atoms with Crippen LogP contribution in [0.25, 0.3) is 28.2 Å². The fraction of sp³-hybridized carbons (Fsp3) is 0.0385. The molecule has 1 N–H and O–H groups in total. The van der Waals surface area contributed by atoms with Gasteiger partial charge in [0.1, 0.15) is 6.42 Å². The zero-order valence-corrected chi connectivity index (χ0v) is 18.7. The van der Waals surface area contributed by atoms with E-state index in [9.17, 15) is 4.79 Å². The third-order valence-corrected chi connectivity index (χ3v) is 5.39. The van der Waals surface area contributed by atoms with Gasteiger partial charge in [-0.1, -0.05) is 76.6 Å². The summed E-state index contributed by atoms with van der Waals surface area (Å²) in [5, 5.41) is 12.8. The van der Waals surface area contributed by atoms with Crippen LogP contribution >= 0.6 is 15.9 Å². The van der Waals surface area contributed by atoms with E-state index in [0.29, 0.717) is 0 Å².